The third kappa shape index (κ3) is 2.70. The molecule has 115 valence electrons. The Bertz CT molecular complexity index is 1200. The second-order valence-corrected chi connectivity index (χ2v) is 6.03. The molecule has 1 radical (unpaired) electrons. The van der Waals surface area contributed by atoms with Gasteiger partial charge in [-0.1, -0.05) is 71.4 Å². The molecule has 0 heterocycles. The van der Waals surface area contributed by atoms with Crippen LogP contribution in [0.3, 0.4) is 0 Å². The van der Waals surface area contributed by atoms with E-state index in [1.54, 1.807) is 0 Å². The van der Waals surface area contributed by atoms with Crippen LogP contribution in [-0.2, 0) is 32.7 Å². The molecule has 5 rings (SSSR count). The van der Waals surface area contributed by atoms with Crippen molar-refractivity contribution in [1.82, 2.24) is 0 Å². The van der Waals surface area contributed by atoms with Crippen LogP contribution in [0.15, 0.2) is 84.9 Å². The second-order valence-electron chi connectivity index (χ2n) is 6.03. The Morgan fingerprint density at radius 3 is 2.00 bits per heavy atom. The fourth-order valence-electron chi connectivity index (χ4n) is 3.53. The van der Waals surface area contributed by atoms with Crippen LogP contribution in [0.4, 0.5) is 0 Å². The summed E-state index contributed by atoms with van der Waals surface area (Å²) in [5.74, 6) is 0. The molecule has 1 heteroatoms. The van der Waals surface area contributed by atoms with Crippen LogP contribution in [0.25, 0.3) is 43.4 Å². The van der Waals surface area contributed by atoms with Gasteiger partial charge in [-0.2, -0.15) is 23.8 Å². The van der Waals surface area contributed by atoms with E-state index < -0.39 is 0 Å². The predicted molar refractivity (Wildman–Crippen MR) is 102 cm³/mol. The summed E-state index contributed by atoms with van der Waals surface area (Å²) >= 11 is 0. The van der Waals surface area contributed by atoms with Gasteiger partial charge in [0.25, 0.3) is 0 Å². The van der Waals surface area contributed by atoms with Gasteiger partial charge in [-0.15, -0.1) is 39.7 Å². The first-order valence-electron chi connectivity index (χ1n) is 8.14. The molecule has 0 spiro atoms. The Balaban J connectivity index is 0.00000157. The summed E-state index contributed by atoms with van der Waals surface area (Å²) in [6.07, 6.45) is 0. The Morgan fingerprint density at radius 2 is 1.16 bits per heavy atom. The zero-order valence-electron chi connectivity index (χ0n) is 13.7. The van der Waals surface area contributed by atoms with Crippen molar-refractivity contribution >= 4 is 32.3 Å². The second kappa shape index (κ2) is 6.71. The minimum Gasteiger partial charge on any atom is -0.201 e. The van der Waals surface area contributed by atoms with Crippen LogP contribution in [0.5, 0.6) is 0 Å². The largest absolute Gasteiger partial charge is 0.201 e. The molecular weight excluding hydrogens is 377 g/mol. The van der Waals surface area contributed by atoms with Gasteiger partial charge in [0.2, 0.25) is 0 Å². The van der Waals surface area contributed by atoms with Crippen LogP contribution >= 0.6 is 0 Å². The van der Waals surface area contributed by atoms with Gasteiger partial charge in [0.05, 0.1) is 0 Å². The van der Waals surface area contributed by atoms with E-state index in [1.807, 2.05) is 6.07 Å². The molecule has 0 nitrogen and oxygen atoms in total. The van der Waals surface area contributed by atoms with Gasteiger partial charge in [-0.05, 0) is 0 Å². The molecule has 25 heavy (non-hydrogen) atoms. The first kappa shape index (κ1) is 16.5. The number of hydrogen-bond donors (Lipinski definition) is 0. The first-order valence-corrected chi connectivity index (χ1v) is 8.14. The Morgan fingerprint density at radius 1 is 0.520 bits per heavy atom. The van der Waals surface area contributed by atoms with E-state index >= 15 is 0 Å². The fraction of sp³-hybridized carbons (Fsp3) is 0. The summed E-state index contributed by atoms with van der Waals surface area (Å²) in [7, 11) is 0. The molecule has 0 saturated heterocycles. The molecule has 0 amide bonds. The van der Waals surface area contributed by atoms with E-state index in [1.165, 1.54) is 26.9 Å². The van der Waals surface area contributed by atoms with Crippen LogP contribution in [0.2, 0.25) is 0 Å². The molecule has 0 aliphatic carbocycles. The molecule has 0 saturated carbocycles. The van der Waals surface area contributed by atoms with Gasteiger partial charge < -0.3 is 0 Å². The van der Waals surface area contributed by atoms with Crippen LogP contribution in [0.1, 0.15) is 0 Å². The molecular formula is C24H14Y-2. The van der Waals surface area contributed by atoms with Crippen molar-refractivity contribution in [2.75, 3.05) is 0 Å². The normalized spacial score (nSPS) is 10.9. The SMILES string of the molecule is [Y].[c-]1ccc2ccccc2c1-c1[c-]c2ccccc2c2ccccc12. The summed E-state index contributed by atoms with van der Waals surface area (Å²) in [5.41, 5.74) is 2.25. The fourth-order valence-corrected chi connectivity index (χ4v) is 3.53. The number of hydrogen-bond acceptors (Lipinski definition) is 0. The van der Waals surface area contributed by atoms with Crippen molar-refractivity contribution in [2.24, 2.45) is 0 Å². The van der Waals surface area contributed by atoms with E-state index in [0.717, 1.165) is 16.5 Å². The van der Waals surface area contributed by atoms with Crippen molar-refractivity contribution in [3.8, 4) is 11.1 Å². The van der Waals surface area contributed by atoms with Gasteiger partial charge in [-0.3, -0.25) is 0 Å². The molecule has 5 aromatic rings. The standard InChI is InChI=1S/C24H14.Y/c1-3-11-19-17(8-1)10-7-15-22(19)24-16-18-9-2-4-12-20(18)21-13-5-6-14-23(21)24;/h1-14H;/q-2;. The van der Waals surface area contributed by atoms with Crippen molar-refractivity contribution in [3.63, 3.8) is 0 Å². The molecule has 0 bridgehead atoms. The predicted octanol–water partition coefficient (Wildman–Crippen LogP) is 6.41. The van der Waals surface area contributed by atoms with Crippen molar-refractivity contribution in [1.29, 1.82) is 0 Å². The summed E-state index contributed by atoms with van der Waals surface area (Å²) in [4.78, 5) is 0. The third-order valence-corrected chi connectivity index (χ3v) is 4.64. The number of benzene rings is 5. The van der Waals surface area contributed by atoms with Gasteiger partial charge in [0.1, 0.15) is 0 Å². The first-order chi connectivity index (χ1) is 11.9. The summed E-state index contributed by atoms with van der Waals surface area (Å²) < 4.78 is 0. The quantitative estimate of drug-likeness (QED) is 0.229. The molecule has 0 unspecified atom stereocenters. The number of fused-ring (bicyclic) bond motifs is 4. The van der Waals surface area contributed by atoms with Gasteiger partial charge in [-0.25, -0.2) is 5.56 Å². The molecule has 0 aromatic heterocycles. The molecule has 5 aromatic carbocycles. The smallest absolute Gasteiger partial charge is 0 e. The minimum atomic E-state index is 0. The van der Waals surface area contributed by atoms with Crippen LogP contribution in [-0.4, -0.2) is 0 Å². The van der Waals surface area contributed by atoms with Gasteiger partial charge in [0, 0.05) is 32.7 Å². The van der Waals surface area contributed by atoms with E-state index in [-0.39, 0.29) is 32.7 Å². The average Bonchev–Trinajstić information content (AvgIpc) is 2.67. The zero-order chi connectivity index (χ0) is 15.9. The Hall–Kier alpha value is -2.02. The van der Waals surface area contributed by atoms with Crippen LogP contribution < -0.4 is 0 Å². The maximum absolute atomic E-state index is 3.65. The molecule has 0 aliphatic heterocycles. The average molecular weight is 391 g/mol. The third-order valence-electron chi connectivity index (χ3n) is 4.64. The maximum atomic E-state index is 3.65. The van der Waals surface area contributed by atoms with Crippen molar-refractivity contribution in [3.05, 3.63) is 97.1 Å². The topological polar surface area (TPSA) is 0 Å². The maximum Gasteiger partial charge on any atom is 0 e. The molecule has 0 atom stereocenters. The van der Waals surface area contributed by atoms with Crippen LogP contribution in [0, 0.1) is 12.1 Å². The summed E-state index contributed by atoms with van der Waals surface area (Å²) in [6.45, 7) is 0. The van der Waals surface area contributed by atoms with Crippen molar-refractivity contribution in [2.45, 2.75) is 0 Å². The van der Waals surface area contributed by atoms with Gasteiger partial charge in [0.15, 0.2) is 0 Å². The summed E-state index contributed by atoms with van der Waals surface area (Å²) in [6, 6.07) is 36.7. The Labute approximate surface area is 172 Å². The molecule has 0 aliphatic rings. The molecule has 0 fully saturated rings. The monoisotopic (exact) mass is 391 g/mol. The minimum absolute atomic E-state index is 0. The van der Waals surface area contributed by atoms with E-state index in [4.69, 9.17) is 0 Å². The van der Waals surface area contributed by atoms with Gasteiger partial charge >= 0.3 is 0 Å². The van der Waals surface area contributed by atoms with E-state index in [9.17, 15) is 0 Å². The van der Waals surface area contributed by atoms with E-state index in [0.29, 0.717) is 0 Å². The van der Waals surface area contributed by atoms with Crippen molar-refractivity contribution < 1.29 is 32.7 Å². The molecule has 0 N–H and O–H groups in total. The Kier molecular flexibility index (Phi) is 4.42. The zero-order valence-corrected chi connectivity index (χ0v) is 16.5. The summed E-state index contributed by atoms with van der Waals surface area (Å²) in [5, 5.41) is 7.34. The number of rotatable bonds is 1. The van der Waals surface area contributed by atoms with E-state index in [2.05, 4.69) is 91.0 Å².